The number of benzene rings is 2. The van der Waals surface area contributed by atoms with Gasteiger partial charge in [0.1, 0.15) is 5.03 Å². The summed E-state index contributed by atoms with van der Waals surface area (Å²) in [5.41, 5.74) is 1.41. The van der Waals surface area contributed by atoms with Crippen molar-refractivity contribution in [2.45, 2.75) is 15.3 Å². The molecule has 3 rings (SSSR count). The molecule has 2 aromatic carbocycles. The summed E-state index contributed by atoms with van der Waals surface area (Å²) < 4.78 is 32.7. The smallest absolute Gasteiger partial charge is 0.338 e. The molecule has 1 amide bonds. The van der Waals surface area contributed by atoms with Crippen LogP contribution < -0.4 is 0 Å². The average molecular weight is 479 g/mol. The van der Waals surface area contributed by atoms with Gasteiger partial charge in [-0.1, -0.05) is 34.1 Å². The fourth-order valence-electron chi connectivity index (χ4n) is 2.97. The van der Waals surface area contributed by atoms with Gasteiger partial charge >= 0.3 is 12.0 Å². The summed E-state index contributed by atoms with van der Waals surface area (Å²) in [5.74, 6) is -0.615. The second kappa shape index (κ2) is 8.00. The predicted octanol–water partition coefficient (Wildman–Crippen LogP) is 3.69. The topological polar surface area (TPSA) is 85.7 Å². The summed E-state index contributed by atoms with van der Waals surface area (Å²) in [7, 11) is 0.261. The molecular formula is C20H19BrN2O5S. The lowest BCUT2D eigenvalue weighted by Crippen LogP contribution is -2.29. The normalized spacial score (nSPS) is 11.4. The van der Waals surface area contributed by atoms with E-state index >= 15 is 0 Å². The Labute approximate surface area is 176 Å². The Morgan fingerprint density at radius 1 is 1.10 bits per heavy atom. The molecule has 0 saturated heterocycles. The third kappa shape index (κ3) is 3.67. The number of carbonyl (C=O) groups excluding carboxylic acids is 2. The number of hydrogen-bond donors (Lipinski definition) is 0. The Morgan fingerprint density at radius 3 is 2.31 bits per heavy atom. The lowest BCUT2D eigenvalue weighted by Gasteiger charge is -2.15. The van der Waals surface area contributed by atoms with Crippen molar-refractivity contribution in [3.63, 3.8) is 0 Å². The molecule has 0 fully saturated rings. The highest BCUT2D eigenvalue weighted by Gasteiger charge is 2.29. The number of fused-ring (bicyclic) bond motifs is 1. The number of hydrogen-bond acceptors (Lipinski definition) is 5. The maximum Gasteiger partial charge on any atom is 0.338 e. The van der Waals surface area contributed by atoms with Gasteiger partial charge in [-0.3, -0.25) is 4.57 Å². The Morgan fingerprint density at radius 2 is 1.76 bits per heavy atom. The molecule has 0 saturated carbocycles. The van der Waals surface area contributed by atoms with Crippen molar-refractivity contribution >= 4 is 48.7 Å². The number of methoxy groups -OCH3 is 1. The molecule has 0 unspecified atom stereocenters. The molecule has 0 aliphatic heterocycles. The summed E-state index contributed by atoms with van der Waals surface area (Å²) in [6, 6.07) is 11.9. The van der Waals surface area contributed by atoms with Crippen molar-refractivity contribution < 1.29 is 22.7 Å². The lowest BCUT2D eigenvalue weighted by atomic mass is 10.1. The second-order valence-electron chi connectivity index (χ2n) is 6.51. The number of aromatic nitrogens is 1. The van der Waals surface area contributed by atoms with Gasteiger partial charge in [-0.2, -0.15) is 0 Å². The number of carbonyl (C=O) groups is 2. The summed E-state index contributed by atoms with van der Waals surface area (Å²) in [6.07, 6.45) is 0. The molecule has 0 atom stereocenters. The predicted molar refractivity (Wildman–Crippen MR) is 112 cm³/mol. The molecule has 0 aliphatic rings. The van der Waals surface area contributed by atoms with Crippen LogP contribution in [0.3, 0.4) is 0 Å². The van der Waals surface area contributed by atoms with Gasteiger partial charge in [0.25, 0.3) is 0 Å². The van der Waals surface area contributed by atoms with Crippen molar-refractivity contribution in [1.29, 1.82) is 0 Å². The molecular weight excluding hydrogens is 460 g/mol. The van der Waals surface area contributed by atoms with Crippen molar-refractivity contribution in [3.8, 4) is 0 Å². The first-order chi connectivity index (χ1) is 13.7. The van der Waals surface area contributed by atoms with E-state index in [4.69, 9.17) is 4.74 Å². The molecule has 152 valence electrons. The van der Waals surface area contributed by atoms with Crippen LogP contribution >= 0.6 is 15.9 Å². The fourth-order valence-corrected chi connectivity index (χ4v) is 4.77. The molecule has 0 radical (unpaired) electrons. The first kappa shape index (κ1) is 21.1. The molecule has 9 heteroatoms. The zero-order chi connectivity index (χ0) is 21.3. The molecule has 1 aromatic heterocycles. The number of alkyl halides is 1. The summed E-state index contributed by atoms with van der Waals surface area (Å²) in [6.45, 7) is 0. The molecule has 0 bridgehead atoms. The van der Waals surface area contributed by atoms with E-state index < -0.39 is 21.8 Å². The van der Waals surface area contributed by atoms with Gasteiger partial charge < -0.3 is 9.64 Å². The Kier molecular flexibility index (Phi) is 5.81. The minimum atomic E-state index is -4.04. The standard InChI is InChI=1S/C20H19BrN2O5S/c1-22(2)20(25)23-17-6-4-5-15(19(24)28-3)16(17)11-18(23)29(26,27)14-9-7-13(12-21)8-10-14/h4-11H,12H2,1-3H3. The highest BCUT2D eigenvalue weighted by atomic mass is 79.9. The molecule has 3 aromatic rings. The van der Waals surface area contributed by atoms with Crippen LogP contribution in [0.2, 0.25) is 0 Å². The molecule has 29 heavy (non-hydrogen) atoms. The van der Waals surface area contributed by atoms with Crippen LogP contribution in [0.4, 0.5) is 4.79 Å². The fraction of sp³-hybridized carbons (Fsp3) is 0.200. The van der Waals surface area contributed by atoms with Crippen molar-refractivity contribution in [2.75, 3.05) is 21.2 Å². The van der Waals surface area contributed by atoms with E-state index in [0.29, 0.717) is 16.2 Å². The van der Waals surface area contributed by atoms with Gasteiger partial charge in [0, 0.05) is 24.8 Å². The summed E-state index contributed by atoms with van der Waals surface area (Å²) in [4.78, 5) is 26.4. The zero-order valence-corrected chi connectivity index (χ0v) is 18.5. The van der Waals surface area contributed by atoms with Crippen LogP contribution in [-0.2, 0) is 19.9 Å². The summed E-state index contributed by atoms with van der Waals surface area (Å²) >= 11 is 3.33. The third-order valence-electron chi connectivity index (χ3n) is 4.45. The number of nitrogens with zero attached hydrogens (tertiary/aromatic N) is 2. The minimum Gasteiger partial charge on any atom is -0.465 e. The van der Waals surface area contributed by atoms with Crippen LogP contribution in [0.5, 0.6) is 0 Å². The van der Waals surface area contributed by atoms with Gasteiger partial charge in [-0.05, 0) is 35.9 Å². The van der Waals surface area contributed by atoms with Gasteiger partial charge in [0.05, 0.1) is 23.1 Å². The largest absolute Gasteiger partial charge is 0.465 e. The van der Waals surface area contributed by atoms with Crippen LogP contribution in [0, 0.1) is 0 Å². The van der Waals surface area contributed by atoms with Gasteiger partial charge in [-0.25, -0.2) is 18.0 Å². The van der Waals surface area contributed by atoms with Crippen LogP contribution in [0.25, 0.3) is 10.9 Å². The Hall–Kier alpha value is -2.65. The number of rotatable bonds is 4. The molecule has 0 spiro atoms. The molecule has 1 heterocycles. The van der Waals surface area contributed by atoms with E-state index in [0.717, 1.165) is 10.1 Å². The second-order valence-corrected chi connectivity index (χ2v) is 8.96. The van der Waals surface area contributed by atoms with Crippen LogP contribution in [0.15, 0.2) is 58.5 Å². The van der Waals surface area contributed by atoms with E-state index in [9.17, 15) is 18.0 Å². The number of sulfone groups is 1. The quantitative estimate of drug-likeness (QED) is 0.421. The SMILES string of the molecule is COC(=O)c1cccc2c1cc(S(=O)(=O)c1ccc(CBr)cc1)n2C(=O)N(C)C. The lowest BCUT2D eigenvalue weighted by molar-refractivity contribution is 0.0603. The molecule has 7 nitrogen and oxygen atoms in total. The van der Waals surface area contributed by atoms with E-state index in [-0.39, 0.29) is 15.5 Å². The highest BCUT2D eigenvalue weighted by molar-refractivity contribution is 9.08. The van der Waals surface area contributed by atoms with E-state index in [2.05, 4.69) is 15.9 Å². The maximum absolute atomic E-state index is 13.4. The van der Waals surface area contributed by atoms with E-state index in [1.165, 1.54) is 50.4 Å². The van der Waals surface area contributed by atoms with E-state index in [1.807, 2.05) is 0 Å². The van der Waals surface area contributed by atoms with E-state index in [1.54, 1.807) is 24.3 Å². The molecule has 0 N–H and O–H groups in total. The van der Waals surface area contributed by atoms with Crippen molar-refractivity contribution in [1.82, 2.24) is 9.47 Å². The van der Waals surface area contributed by atoms with Gasteiger partial charge in [0.15, 0.2) is 0 Å². The Bertz CT molecular complexity index is 1200. The number of amides is 1. The number of ether oxygens (including phenoxy) is 1. The first-order valence-corrected chi connectivity index (χ1v) is 11.2. The molecule has 0 aliphatic carbocycles. The van der Waals surface area contributed by atoms with Crippen molar-refractivity contribution in [3.05, 3.63) is 59.7 Å². The first-order valence-electron chi connectivity index (χ1n) is 8.56. The average Bonchev–Trinajstić information content (AvgIpc) is 3.12. The third-order valence-corrected chi connectivity index (χ3v) is 6.85. The monoisotopic (exact) mass is 478 g/mol. The van der Waals surface area contributed by atoms with Gasteiger partial charge in [-0.15, -0.1) is 0 Å². The Balaban J connectivity index is 2.34. The van der Waals surface area contributed by atoms with Crippen molar-refractivity contribution in [2.24, 2.45) is 0 Å². The summed E-state index contributed by atoms with van der Waals surface area (Å²) in [5, 5.41) is 0.703. The minimum absolute atomic E-state index is 0.0532. The number of halogens is 1. The van der Waals surface area contributed by atoms with Gasteiger partial charge in [0.2, 0.25) is 9.84 Å². The maximum atomic E-state index is 13.4. The highest BCUT2D eigenvalue weighted by Crippen LogP contribution is 2.31. The van der Waals surface area contributed by atoms with Crippen LogP contribution in [-0.4, -0.2) is 51.1 Å². The van der Waals surface area contributed by atoms with Crippen LogP contribution in [0.1, 0.15) is 15.9 Å². The zero-order valence-electron chi connectivity index (χ0n) is 16.0. The number of esters is 1.